The number of aromatic nitrogens is 3. The number of aryl methyl sites for hydroxylation is 1. The highest BCUT2D eigenvalue weighted by atomic mass is 16.1. The van der Waals surface area contributed by atoms with Crippen molar-refractivity contribution in [1.29, 1.82) is 5.26 Å². The Morgan fingerprint density at radius 3 is 2.95 bits per heavy atom. The quantitative estimate of drug-likeness (QED) is 0.837. The van der Waals surface area contributed by atoms with Crippen molar-refractivity contribution in [3.8, 4) is 6.07 Å². The van der Waals surface area contributed by atoms with Gasteiger partial charge in [0.15, 0.2) is 0 Å². The van der Waals surface area contributed by atoms with Crippen LogP contribution in [0.5, 0.6) is 0 Å². The van der Waals surface area contributed by atoms with Gasteiger partial charge in [0.05, 0.1) is 17.8 Å². The van der Waals surface area contributed by atoms with Gasteiger partial charge in [0, 0.05) is 31.3 Å². The summed E-state index contributed by atoms with van der Waals surface area (Å²) in [6.45, 7) is 4.04. The number of rotatable bonds is 3. The molecule has 6 heteroatoms. The zero-order valence-electron chi connectivity index (χ0n) is 11.7. The topological polar surface area (TPSA) is 74.8 Å². The van der Waals surface area contributed by atoms with E-state index in [-0.39, 0.29) is 5.56 Å². The zero-order valence-corrected chi connectivity index (χ0v) is 11.7. The van der Waals surface area contributed by atoms with E-state index >= 15 is 0 Å². The molecule has 0 spiro atoms. The lowest BCUT2D eigenvalue weighted by Gasteiger charge is -2.40. The third-order valence-corrected chi connectivity index (χ3v) is 3.59. The molecule has 2 aromatic heterocycles. The van der Waals surface area contributed by atoms with Crippen molar-refractivity contribution in [1.82, 2.24) is 14.8 Å². The van der Waals surface area contributed by atoms with Crippen molar-refractivity contribution in [2.45, 2.75) is 13.5 Å². The molecule has 0 aromatic carbocycles. The zero-order chi connectivity index (χ0) is 14.8. The minimum Gasteiger partial charge on any atom is -0.355 e. The SMILES string of the molecule is Cc1ccc(=O)n(CC2CN(c3ncccc3C#N)C2)n1. The van der Waals surface area contributed by atoms with Crippen molar-refractivity contribution >= 4 is 5.82 Å². The molecule has 21 heavy (non-hydrogen) atoms. The Kier molecular flexibility index (Phi) is 3.40. The first-order chi connectivity index (χ1) is 10.2. The molecule has 2 aromatic rings. The van der Waals surface area contributed by atoms with Crippen LogP contribution >= 0.6 is 0 Å². The number of nitriles is 1. The van der Waals surface area contributed by atoms with Crippen LogP contribution in [0.2, 0.25) is 0 Å². The summed E-state index contributed by atoms with van der Waals surface area (Å²) < 4.78 is 1.51. The van der Waals surface area contributed by atoms with E-state index in [1.807, 2.05) is 6.92 Å². The summed E-state index contributed by atoms with van der Waals surface area (Å²) in [5.41, 5.74) is 1.35. The van der Waals surface area contributed by atoms with E-state index in [4.69, 9.17) is 5.26 Å². The second-order valence-corrected chi connectivity index (χ2v) is 5.25. The number of pyridine rings is 1. The van der Waals surface area contributed by atoms with Crippen LogP contribution in [-0.2, 0) is 6.54 Å². The van der Waals surface area contributed by atoms with E-state index in [2.05, 4.69) is 21.1 Å². The van der Waals surface area contributed by atoms with Crippen LogP contribution in [0.4, 0.5) is 5.82 Å². The van der Waals surface area contributed by atoms with Gasteiger partial charge in [-0.15, -0.1) is 0 Å². The molecule has 1 fully saturated rings. The monoisotopic (exact) mass is 281 g/mol. The minimum absolute atomic E-state index is 0.0744. The standard InChI is InChI=1S/C15H15N5O/c1-11-4-5-14(21)20(18-11)10-12-8-19(9-12)15-13(7-16)3-2-6-17-15/h2-6,12H,8-10H2,1H3. The Labute approximate surface area is 122 Å². The highest BCUT2D eigenvalue weighted by Gasteiger charge is 2.29. The van der Waals surface area contributed by atoms with Crippen molar-refractivity contribution < 1.29 is 0 Å². The molecular formula is C15H15N5O. The maximum absolute atomic E-state index is 11.7. The molecule has 1 aliphatic heterocycles. The first-order valence-electron chi connectivity index (χ1n) is 6.82. The fourth-order valence-corrected chi connectivity index (χ4v) is 2.52. The number of hydrogen-bond donors (Lipinski definition) is 0. The lowest BCUT2D eigenvalue weighted by atomic mass is 9.99. The predicted molar refractivity (Wildman–Crippen MR) is 77.9 cm³/mol. The maximum Gasteiger partial charge on any atom is 0.266 e. The molecule has 0 bridgehead atoms. The van der Waals surface area contributed by atoms with Gasteiger partial charge in [-0.1, -0.05) is 0 Å². The van der Waals surface area contributed by atoms with Gasteiger partial charge in [0.1, 0.15) is 11.9 Å². The molecule has 0 atom stereocenters. The van der Waals surface area contributed by atoms with Gasteiger partial charge in [-0.05, 0) is 25.1 Å². The van der Waals surface area contributed by atoms with Crippen LogP contribution in [-0.4, -0.2) is 27.9 Å². The summed E-state index contributed by atoms with van der Waals surface area (Å²) >= 11 is 0. The van der Waals surface area contributed by atoms with Gasteiger partial charge in [0.25, 0.3) is 5.56 Å². The van der Waals surface area contributed by atoms with Crippen LogP contribution in [0.15, 0.2) is 35.3 Å². The van der Waals surface area contributed by atoms with E-state index in [1.54, 1.807) is 30.5 Å². The smallest absolute Gasteiger partial charge is 0.266 e. The molecule has 0 unspecified atom stereocenters. The molecule has 1 aliphatic rings. The molecule has 6 nitrogen and oxygen atoms in total. The van der Waals surface area contributed by atoms with Crippen LogP contribution in [0, 0.1) is 24.2 Å². The fourth-order valence-electron chi connectivity index (χ4n) is 2.52. The first-order valence-corrected chi connectivity index (χ1v) is 6.82. The highest BCUT2D eigenvalue weighted by Crippen LogP contribution is 2.25. The average molecular weight is 281 g/mol. The van der Waals surface area contributed by atoms with E-state index < -0.39 is 0 Å². The van der Waals surface area contributed by atoms with Crippen molar-refractivity contribution in [2.75, 3.05) is 18.0 Å². The minimum atomic E-state index is -0.0744. The van der Waals surface area contributed by atoms with Gasteiger partial charge < -0.3 is 4.90 Å². The van der Waals surface area contributed by atoms with E-state index in [0.29, 0.717) is 18.0 Å². The molecule has 0 saturated carbocycles. The van der Waals surface area contributed by atoms with Crippen molar-refractivity contribution in [3.63, 3.8) is 0 Å². The predicted octanol–water partition coefficient (Wildman–Crippen LogP) is 0.955. The Balaban J connectivity index is 1.68. The molecule has 1 saturated heterocycles. The molecule has 0 amide bonds. The summed E-state index contributed by atoms with van der Waals surface area (Å²) in [7, 11) is 0. The lowest BCUT2D eigenvalue weighted by molar-refractivity contribution is 0.332. The van der Waals surface area contributed by atoms with E-state index in [1.165, 1.54) is 4.68 Å². The summed E-state index contributed by atoms with van der Waals surface area (Å²) in [4.78, 5) is 18.1. The first kappa shape index (κ1) is 13.3. The van der Waals surface area contributed by atoms with E-state index in [0.717, 1.165) is 24.6 Å². The Bertz CT molecular complexity index is 755. The average Bonchev–Trinajstić information content (AvgIpc) is 2.46. The second-order valence-electron chi connectivity index (χ2n) is 5.25. The number of hydrogen-bond acceptors (Lipinski definition) is 5. The number of anilines is 1. The molecule has 3 heterocycles. The molecule has 0 aliphatic carbocycles. The van der Waals surface area contributed by atoms with Gasteiger partial charge >= 0.3 is 0 Å². The van der Waals surface area contributed by atoms with Gasteiger partial charge in [-0.2, -0.15) is 10.4 Å². The Hall–Kier alpha value is -2.68. The highest BCUT2D eigenvalue weighted by molar-refractivity contribution is 5.54. The summed E-state index contributed by atoms with van der Waals surface area (Å²) in [6.07, 6.45) is 1.69. The van der Waals surface area contributed by atoms with Gasteiger partial charge in [-0.3, -0.25) is 4.79 Å². The molecule has 3 rings (SSSR count). The molecule has 106 valence electrons. The van der Waals surface area contributed by atoms with E-state index in [9.17, 15) is 4.79 Å². The maximum atomic E-state index is 11.7. The summed E-state index contributed by atoms with van der Waals surface area (Å²) in [5.74, 6) is 1.08. The summed E-state index contributed by atoms with van der Waals surface area (Å²) in [5, 5.41) is 13.3. The van der Waals surface area contributed by atoms with Crippen LogP contribution in [0.25, 0.3) is 0 Å². The van der Waals surface area contributed by atoms with Gasteiger partial charge in [0.2, 0.25) is 0 Å². The molecule has 0 N–H and O–H groups in total. The lowest BCUT2D eigenvalue weighted by Crippen LogP contribution is -2.50. The third-order valence-electron chi connectivity index (χ3n) is 3.59. The second kappa shape index (κ2) is 5.37. The molecular weight excluding hydrogens is 266 g/mol. The largest absolute Gasteiger partial charge is 0.355 e. The van der Waals surface area contributed by atoms with Crippen LogP contribution in [0.1, 0.15) is 11.3 Å². The van der Waals surface area contributed by atoms with Crippen LogP contribution < -0.4 is 10.5 Å². The van der Waals surface area contributed by atoms with Crippen molar-refractivity contribution in [2.24, 2.45) is 5.92 Å². The Morgan fingerprint density at radius 2 is 2.19 bits per heavy atom. The summed E-state index contributed by atoms with van der Waals surface area (Å²) in [6, 6.07) is 8.95. The fraction of sp³-hybridized carbons (Fsp3) is 0.333. The van der Waals surface area contributed by atoms with Crippen LogP contribution in [0.3, 0.4) is 0 Å². The van der Waals surface area contributed by atoms with Gasteiger partial charge in [-0.25, -0.2) is 9.67 Å². The van der Waals surface area contributed by atoms with Crippen molar-refractivity contribution in [3.05, 3.63) is 52.1 Å². The third kappa shape index (κ3) is 2.63. The number of nitrogens with zero attached hydrogens (tertiary/aromatic N) is 5. The molecule has 0 radical (unpaired) electrons. The normalized spacial score (nSPS) is 14.6. The Morgan fingerprint density at radius 1 is 1.38 bits per heavy atom.